The number of halogens is 2. The number of carbonyl (C=O) groups is 1. The second-order valence-corrected chi connectivity index (χ2v) is 5.27. The van der Waals surface area contributed by atoms with Crippen LogP contribution in [0.1, 0.15) is 16.1 Å². The van der Waals surface area contributed by atoms with Crippen molar-refractivity contribution < 1.29 is 9.53 Å². The molecule has 0 bridgehead atoms. The lowest BCUT2D eigenvalue weighted by Crippen LogP contribution is -2.07. The minimum Gasteiger partial charge on any atom is -0.496 e. The third-order valence-corrected chi connectivity index (χ3v) is 3.31. The lowest BCUT2D eigenvalue weighted by atomic mass is 10.1. The molecule has 5 heteroatoms. The third kappa shape index (κ3) is 3.55. The van der Waals surface area contributed by atoms with Crippen LogP contribution in [-0.4, -0.2) is 17.9 Å². The number of rotatable bonds is 4. The van der Waals surface area contributed by atoms with Crippen LogP contribution >= 0.6 is 27.5 Å². The standard InChI is InChI=1S/C14H11BrClNO2/c1-19-14-5-3-11(16)6-9(14)7-13(18)12-4-2-10(15)8-17-12/h2-6,8H,7H2,1H3. The van der Waals surface area contributed by atoms with Gasteiger partial charge in [-0.05, 0) is 46.3 Å². The quantitative estimate of drug-likeness (QED) is 0.792. The lowest BCUT2D eigenvalue weighted by molar-refractivity contribution is 0.0987. The van der Waals surface area contributed by atoms with E-state index in [2.05, 4.69) is 20.9 Å². The van der Waals surface area contributed by atoms with Crippen LogP contribution in [0.2, 0.25) is 5.02 Å². The van der Waals surface area contributed by atoms with Crippen molar-refractivity contribution in [3.63, 3.8) is 0 Å². The van der Waals surface area contributed by atoms with Crippen molar-refractivity contribution in [2.75, 3.05) is 7.11 Å². The van der Waals surface area contributed by atoms with Gasteiger partial charge < -0.3 is 4.74 Å². The molecule has 0 radical (unpaired) electrons. The van der Waals surface area contributed by atoms with E-state index in [0.29, 0.717) is 16.5 Å². The van der Waals surface area contributed by atoms with Gasteiger partial charge in [0, 0.05) is 27.7 Å². The summed E-state index contributed by atoms with van der Waals surface area (Å²) in [6, 6.07) is 8.68. The van der Waals surface area contributed by atoms with Crippen LogP contribution in [0.25, 0.3) is 0 Å². The number of carbonyl (C=O) groups excluding carboxylic acids is 1. The van der Waals surface area contributed by atoms with Gasteiger partial charge in [0.1, 0.15) is 11.4 Å². The van der Waals surface area contributed by atoms with Gasteiger partial charge in [0.05, 0.1) is 7.11 Å². The number of hydrogen-bond donors (Lipinski definition) is 0. The SMILES string of the molecule is COc1ccc(Cl)cc1CC(=O)c1ccc(Br)cn1. The average molecular weight is 341 g/mol. The summed E-state index contributed by atoms with van der Waals surface area (Å²) in [6.07, 6.45) is 1.81. The largest absolute Gasteiger partial charge is 0.496 e. The molecule has 0 saturated heterocycles. The van der Waals surface area contributed by atoms with E-state index < -0.39 is 0 Å². The Morgan fingerprint density at radius 1 is 1.37 bits per heavy atom. The summed E-state index contributed by atoms with van der Waals surface area (Å²) in [5.41, 5.74) is 1.18. The predicted octanol–water partition coefficient (Wildman–Crippen LogP) is 3.93. The van der Waals surface area contributed by atoms with Crippen molar-refractivity contribution in [1.29, 1.82) is 0 Å². The summed E-state index contributed by atoms with van der Waals surface area (Å²) in [4.78, 5) is 16.2. The van der Waals surface area contributed by atoms with Crippen LogP contribution < -0.4 is 4.74 Å². The van der Waals surface area contributed by atoms with E-state index in [1.807, 2.05) is 0 Å². The van der Waals surface area contributed by atoms with Gasteiger partial charge in [0.15, 0.2) is 5.78 Å². The van der Waals surface area contributed by atoms with Gasteiger partial charge in [0.25, 0.3) is 0 Å². The number of ether oxygens (including phenoxy) is 1. The summed E-state index contributed by atoms with van der Waals surface area (Å²) in [5.74, 6) is 0.572. The molecule has 0 atom stereocenters. The van der Waals surface area contributed by atoms with Crippen LogP contribution in [-0.2, 0) is 6.42 Å². The summed E-state index contributed by atoms with van der Waals surface area (Å²) in [5, 5.41) is 0.576. The summed E-state index contributed by atoms with van der Waals surface area (Å²) < 4.78 is 6.05. The number of methoxy groups -OCH3 is 1. The Hall–Kier alpha value is -1.39. The van der Waals surface area contributed by atoms with E-state index in [4.69, 9.17) is 16.3 Å². The fraction of sp³-hybridized carbons (Fsp3) is 0.143. The maximum atomic E-state index is 12.1. The van der Waals surface area contributed by atoms with Crippen molar-refractivity contribution in [2.45, 2.75) is 6.42 Å². The summed E-state index contributed by atoms with van der Waals surface area (Å²) >= 11 is 9.22. The molecule has 0 saturated carbocycles. The maximum absolute atomic E-state index is 12.1. The first-order chi connectivity index (χ1) is 9.10. The fourth-order valence-corrected chi connectivity index (χ4v) is 2.12. The molecule has 0 aliphatic heterocycles. The maximum Gasteiger partial charge on any atom is 0.185 e. The van der Waals surface area contributed by atoms with Crippen LogP contribution in [0.15, 0.2) is 41.0 Å². The molecule has 0 fully saturated rings. The molecule has 2 rings (SSSR count). The second-order valence-electron chi connectivity index (χ2n) is 3.92. The Kier molecular flexibility index (Phi) is 4.56. The zero-order valence-corrected chi connectivity index (χ0v) is 12.5. The van der Waals surface area contributed by atoms with Gasteiger partial charge in [-0.1, -0.05) is 11.6 Å². The summed E-state index contributed by atoms with van der Waals surface area (Å²) in [7, 11) is 1.56. The van der Waals surface area contributed by atoms with E-state index in [1.54, 1.807) is 43.6 Å². The molecule has 1 heterocycles. The molecular formula is C14H11BrClNO2. The zero-order chi connectivity index (χ0) is 13.8. The highest BCUT2D eigenvalue weighted by Crippen LogP contribution is 2.24. The number of Topliss-reactive ketones (excluding diaryl/α,β-unsaturated/α-hetero) is 1. The number of pyridine rings is 1. The molecule has 0 N–H and O–H groups in total. The lowest BCUT2D eigenvalue weighted by Gasteiger charge is -2.08. The molecule has 0 unspecified atom stereocenters. The molecule has 19 heavy (non-hydrogen) atoms. The Labute approximate surface area is 124 Å². The van der Waals surface area contributed by atoms with E-state index >= 15 is 0 Å². The Morgan fingerprint density at radius 3 is 2.79 bits per heavy atom. The summed E-state index contributed by atoms with van der Waals surface area (Å²) in [6.45, 7) is 0. The normalized spacial score (nSPS) is 10.3. The van der Waals surface area contributed by atoms with Gasteiger partial charge in [0.2, 0.25) is 0 Å². The van der Waals surface area contributed by atoms with Gasteiger partial charge >= 0.3 is 0 Å². The van der Waals surface area contributed by atoms with Crippen molar-refractivity contribution in [3.05, 3.63) is 57.3 Å². The first-order valence-corrected chi connectivity index (χ1v) is 6.74. The third-order valence-electron chi connectivity index (χ3n) is 2.61. The van der Waals surface area contributed by atoms with Gasteiger partial charge in [-0.15, -0.1) is 0 Å². The second kappa shape index (κ2) is 6.17. The first-order valence-electron chi connectivity index (χ1n) is 5.57. The minimum absolute atomic E-state index is 0.0759. The molecule has 0 spiro atoms. The van der Waals surface area contributed by atoms with Crippen LogP contribution in [0.3, 0.4) is 0 Å². The van der Waals surface area contributed by atoms with Crippen molar-refractivity contribution in [2.24, 2.45) is 0 Å². The van der Waals surface area contributed by atoms with Gasteiger partial charge in [-0.25, -0.2) is 0 Å². The van der Waals surface area contributed by atoms with Crippen LogP contribution in [0.4, 0.5) is 0 Å². The van der Waals surface area contributed by atoms with E-state index in [0.717, 1.165) is 10.0 Å². The Bertz CT molecular complexity index is 599. The van der Waals surface area contributed by atoms with Crippen molar-refractivity contribution in [3.8, 4) is 5.75 Å². The monoisotopic (exact) mass is 339 g/mol. The zero-order valence-electron chi connectivity index (χ0n) is 10.2. The molecule has 3 nitrogen and oxygen atoms in total. The first kappa shape index (κ1) is 14.0. The number of ketones is 1. The highest BCUT2D eigenvalue weighted by atomic mass is 79.9. The number of hydrogen-bond acceptors (Lipinski definition) is 3. The van der Waals surface area contributed by atoms with E-state index in [1.165, 1.54) is 0 Å². The molecule has 0 amide bonds. The number of aromatic nitrogens is 1. The van der Waals surface area contributed by atoms with Crippen LogP contribution in [0, 0.1) is 0 Å². The predicted molar refractivity (Wildman–Crippen MR) is 78.0 cm³/mol. The van der Waals surface area contributed by atoms with E-state index in [9.17, 15) is 4.79 Å². The molecule has 2 aromatic rings. The molecule has 98 valence electrons. The Morgan fingerprint density at radius 2 is 2.16 bits per heavy atom. The van der Waals surface area contributed by atoms with Gasteiger partial charge in [-0.3, -0.25) is 9.78 Å². The smallest absolute Gasteiger partial charge is 0.185 e. The van der Waals surface area contributed by atoms with E-state index in [-0.39, 0.29) is 12.2 Å². The molecule has 1 aromatic heterocycles. The highest BCUT2D eigenvalue weighted by Gasteiger charge is 2.12. The average Bonchev–Trinajstić information content (AvgIpc) is 2.39. The molecule has 1 aromatic carbocycles. The van der Waals surface area contributed by atoms with Crippen molar-refractivity contribution >= 4 is 33.3 Å². The number of benzene rings is 1. The number of nitrogens with zero attached hydrogens (tertiary/aromatic N) is 1. The van der Waals surface area contributed by atoms with Gasteiger partial charge in [-0.2, -0.15) is 0 Å². The Balaban J connectivity index is 2.23. The van der Waals surface area contributed by atoms with Crippen LogP contribution in [0.5, 0.6) is 5.75 Å². The molecular weight excluding hydrogens is 330 g/mol. The fourth-order valence-electron chi connectivity index (χ4n) is 1.69. The van der Waals surface area contributed by atoms with Crippen molar-refractivity contribution in [1.82, 2.24) is 4.98 Å². The minimum atomic E-state index is -0.0759. The highest BCUT2D eigenvalue weighted by molar-refractivity contribution is 9.10. The molecule has 0 aliphatic rings. The molecule has 0 aliphatic carbocycles. The topological polar surface area (TPSA) is 39.2 Å².